The molecule has 0 aliphatic rings. The van der Waals surface area contributed by atoms with Crippen LogP contribution in [0, 0.1) is 0 Å². The molecule has 1 aromatic rings. The summed E-state index contributed by atoms with van der Waals surface area (Å²) in [6.45, 7) is 1.98. The molecule has 0 fully saturated rings. The molecular formula is C12H16O3. The standard InChI is InChI=1S/C12H16O3/c1-9(14-2)11-6-4-10(5-7-11)8-12(13)15-3/h4-7,9H,8H2,1-3H3/t9-/m1/s1. The average molecular weight is 208 g/mol. The fraction of sp³-hybridized carbons (Fsp3) is 0.417. The molecule has 0 heterocycles. The molecule has 0 spiro atoms. The van der Waals surface area contributed by atoms with Gasteiger partial charge in [-0.15, -0.1) is 0 Å². The van der Waals surface area contributed by atoms with Crippen LogP contribution in [0.4, 0.5) is 0 Å². The molecule has 0 aliphatic heterocycles. The summed E-state index contributed by atoms with van der Waals surface area (Å²) in [7, 11) is 3.07. The Balaban J connectivity index is 2.68. The molecule has 82 valence electrons. The van der Waals surface area contributed by atoms with Gasteiger partial charge in [-0.05, 0) is 18.1 Å². The highest BCUT2D eigenvalue weighted by Crippen LogP contribution is 2.16. The minimum atomic E-state index is -0.220. The van der Waals surface area contributed by atoms with Crippen molar-refractivity contribution in [3.8, 4) is 0 Å². The van der Waals surface area contributed by atoms with Gasteiger partial charge >= 0.3 is 5.97 Å². The van der Waals surface area contributed by atoms with Crippen LogP contribution in [0.25, 0.3) is 0 Å². The zero-order valence-electron chi connectivity index (χ0n) is 9.32. The van der Waals surface area contributed by atoms with Crippen LogP contribution in [-0.4, -0.2) is 20.2 Å². The van der Waals surface area contributed by atoms with Gasteiger partial charge in [-0.2, -0.15) is 0 Å². The van der Waals surface area contributed by atoms with Crippen LogP contribution in [0.15, 0.2) is 24.3 Å². The van der Waals surface area contributed by atoms with E-state index < -0.39 is 0 Å². The molecule has 1 aromatic carbocycles. The first-order valence-corrected chi connectivity index (χ1v) is 4.85. The third-order valence-corrected chi connectivity index (χ3v) is 2.38. The van der Waals surface area contributed by atoms with Crippen LogP contribution in [0.1, 0.15) is 24.2 Å². The topological polar surface area (TPSA) is 35.5 Å². The maximum Gasteiger partial charge on any atom is 0.309 e. The molecule has 0 aromatic heterocycles. The Morgan fingerprint density at radius 1 is 1.27 bits per heavy atom. The third kappa shape index (κ3) is 3.36. The van der Waals surface area contributed by atoms with Crippen LogP contribution in [-0.2, 0) is 20.7 Å². The Morgan fingerprint density at radius 3 is 2.33 bits per heavy atom. The Bertz CT molecular complexity index is 316. The largest absolute Gasteiger partial charge is 0.469 e. The van der Waals surface area contributed by atoms with E-state index in [1.54, 1.807) is 7.11 Å². The van der Waals surface area contributed by atoms with Gasteiger partial charge in [-0.25, -0.2) is 0 Å². The van der Waals surface area contributed by atoms with Gasteiger partial charge in [-0.3, -0.25) is 4.79 Å². The van der Waals surface area contributed by atoms with E-state index in [0.29, 0.717) is 6.42 Å². The van der Waals surface area contributed by atoms with E-state index in [1.165, 1.54) is 7.11 Å². The second-order valence-corrected chi connectivity index (χ2v) is 3.37. The number of hydrogen-bond acceptors (Lipinski definition) is 3. The fourth-order valence-electron chi connectivity index (χ4n) is 1.28. The first kappa shape index (κ1) is 11.7. The van der Waals surface area contributed by atoms with Crippen molar-refractivity contribution in [1.29, 1.82) is 0 Å². The molecule has 0 radical (unpaired) electrons. The highest BCUT2D eigenvalue weighted by atomic mass is 16.5. The van der Waals surface area contributed by atoms with Gasteiger partial charge in [-0.1, -0.05) is 24.3 Å². The van der Waals surface area contributed by atoms with Crippen molar-refractivity contribution in [2.24, 2.45) is 0 Å². The fourth-order valence-corrected chi connectivity index (χ4v) is 1.28. The van der Waals surface area contributed by atoms with Crippen LogP contribution >= 0.6 is 0 Å². The number of methoxy groups -OCH3 is 2. The highest BCUT2D eigenvalue weighted by molar-refractivity contribution is 5.72. The van der Waals surface area contributed by atoms with Crippen molar-refractivity contribution in [3.63, 3.8) is 0 Å². The van der Waals surface area contributed by atoms with Crippen LogP contribution in [0.3, 0.4) is 0 Å². The Morgan fingerprint density at radius 2 is 1.87 bits per heavy atom. The maximum absolute atomic E-state index is 11.0. The molecule has 0 saturated carbocycles. The molecule has 0 bridgehead atoms. The highest BCUT2D eigenvalue weighted by Gasteiger charge is 2.05. The minimum Gasteiger partial charge on any atom is -0.469 e. The lowest BCUT2D eigenvalue weighted by Crippen LogP contribution is -2.04. The summed E-state index contributed by atoms with van der Waals surface area (Å²) >= 11 is 0. The van der Waals surface area contributed by atoms with E-state index >= 15 is 0 Å². The molecule has 0 N–H and O–H groups in total. The molecule has 1 atom stereocenters. The number of rotatable bonds is 4. The van der Waals surface area contributed by atoms with E-state index in [0.717, 1.165) is 11.1 Å². The summed E-state index contributed by atoms with van der Waals surface area (Å²) in [5.74, 6) is -0.220. The minimum absolute atomic E-state index is 0.0807. The first-order valence-electron chi connectivity index (χ1n) is 4.85. The Hall–Kier alpha value is -1.35. The SMILES string of the molecule is COC(=O)Cc1ccc([C@@H](C)OC)cc1. The summed E-state index contributed by atoms with van der Waals surface area (Å²) in [6, 6.07) is 7.77. The lowest BCUT2D eigenvalue weighted by Gasteiger charge is -2.09. The van der Waals surface area contributed by atoms with Crippen molar-refractivity contribution < 1.29 is 14.3 Å². The van der Waals surface area contributed by atoms with Gasteiger partial charge in [0.25, 0.3) is 0 Å². The molecule has 0 amide bonds. The normalized spacial score (nSPS) is 12.2. The zero-order valence-corrected chi connectivity index (χ0v) is 9.32. The van der Waals surface area contributed by atoms with Gasteiger partial charge in [0.2, 0.25) is 0 Å². The van der Waals surface area contributed by atoms with Crippen LogP contribution < -0.4 is 0 Å². The maximum atomic E-state index is 11.0. The number of ether oxygens (including phenoxy) is 2. The second kappa shape index (κ2) is 5.51. The van der Waals surface area contributed by atoms with E-state index in [1.807, 2.05) is 31.2 Å². The quantitative estimate of drug-likeness (QED) is 0.711. The molecular weight excluding hydrogens is 192 g/mol. The van der Waals surface area contributed by atoms with Crippen LogP contribution in [0.2, 0.25) is 0 Å². The zero-order chi connectivity index (χ0) is 11.3. The van der Waals surface area contributed by atoms with Gasteiger partial charge in [0.15, 0.2) is 0 Å². The van der Waals surface area contributed by atoms with Gasteiger partial charge in [0, 0.05) is 7.11 Å². The lowest BCUT2D eigenvalue weighted by atomic mass is 10.1. The smallest absolute Gasteiger partial charge is 0.309 e. The third-order valence-electron chi connectivity index (χ3n) is 2.38. The molecule has 15 heavy (non-hydrogen) atoms. The number of esters is 1. The molecule has 1 rings (SSSR count). The van der Waals surface area contributed by atoms with Crippen molar-refractivity contribution in [2.75, 3.05) is 14.2 Å². The van der Waals surface area contributed by atoms with E-state index in [4.69, 9.17) is 4.74 Å². The number of carbonyl (C=O) groups is 1. The summed E-state index contributed by atoms with van der Waals surface area (Å²) < 4.78 is 9.78. The van der Waals surface area contributed by atoms with Gasteiger partial charge < -0.3 is 9.47 Å². The summed E-state index contributed by atoms with van der Waals surface area (Å²) in [4.78, 5) is 11.0. The van der Waals surface area contributed by atoms with E-state index in [9.17, 15) is 4.79 Å². The van der Waals surface area contributed by atoms with Crippen LogP contribution in [0.5, 0.6) is 0 Å². The molecule has 0 saturated heterocycles. The number of carbonyl (C=O) groups excluding carboxylic acids is 1. The van der Waals surface area contributed by atoms with Gasteiger partial charge in [0.05, 0.1) is 19.6 Å². The van der Waals surface area contributed by atoms with Crippen molar-refractivity contribution >= 4 is 5.97 Å². The van der Waals surface area contributed by atoms with Crippen molar-refractivity contribution in [1.82, 2.24) is 0 Å². The second-order valence-electron chi connectivity index (χ2n) is 3.37. The summed E-state index contributed by atoms with van der Waals surface area (Å²) in [5.41, 5.74) is 2.06. The lowest BCUT2D eigenvalue weighted by molar-refractivity contribution is -0.139. The number of hydrogen-bond donors (Lipinski definition) is 0. The van der Waals surface area contributed by atoms with Gasteiger partial charge in [0.1, 0.15) is 0 Å². The predicted octanol–water partition coefficient (Wildman–Crippen LogP) is 2.11. The summed E-state index contributed by atoms with van der Waals surface area (Å²) in [5, 5.41) is 0. The van der Waals surface area contributed by atoms with Crippen molar-refractivity contribution in [3.05, 3.63) is 35.4 Å². The predicted molar refractivity (Wildman–Crippen MR) is 57.6 cm³/mol. The molecule has 0 unspecified atom stereocenters. The Labute approximate surface area is 90.0 Å². The first-order chi connectivity index (χ1) is 7.17. The molecule has 3 nitrogen and oxygen atoms in total. The monoisotopic (exact) mass is 208 g/mol. The number of benzene rings is 1. The van der Waals surface area contributed by atoms with E-state index in [-0.39, 0.29) is 12.1 Å². The molecule has 0 aliphatic carbocycles. The summed E-state index contributed by atoms with van der Waals surface area (Å²) in [6.07, 6.45) is 0.398. The molecule has 3 heteroatoms. The average Bonchev–Trinajstić information content (AvgIpc) is 2.29. The van der Waals surface area contributed by atoms with E-state index in [2.05, 4.69) is 4.74 Å². The Kier molecular flexibility index (Phi) is 4.31. The van der Waals surface area contributed by atoms with Crippen molar-refractivity contribution in [2.45, 2.75) is 19.4 Å².